The average molecular weight is 941 g/mol. The summed E-state index contributed by atoms with van der Waals surface area (Å²) in [6, 6.07) is 3.15. The molecule has 7 rings (SSSR count). The number of esters is 1. The summed E-state index contributed by atoms with van der Waals surface area (Å²) in [6.45, 7) is 21.8. The van der Waals surface area contributed by atoms with Crippen LogP contribution < -0.4 is 31.0 Å². The maximum Gasteiger partial charge on any atom is 0.307 e. The van der Waals surface area contributed by atoms with Gasteiger partial charge < -0.3 is 54.0 Å². The van der Waals surface area contributed by atoms with Gasteiger partial charge in [0.1, 0.15) is 28.8 Å². The van der Waals surface area contributed by atoms with Crippen molar-refractivity contribution in [3.63, 3.8) is 0 Å². The minimum Gasteiger partial charge on any atom is -0.507 e. The molecule has 3 aliphatic rings. The van der Waals surface area contributed by atoms with E-state index in [-0.39, 0.29) is 66.3 Å². The number of hydrogen-bond donors (Lipinski definition) is 5. The number of piperazine rings is 1. The van der Waals surface area contributed by atoms with Gasteiger partial charge in [0.15, 0.2) is 22.4 Å². The SMILES string of the molecule is CO[C@H]1/C=C/O[C@@]2(C)Oc3c(C)c(O)c4c(=O)c(c5oc6cc(N7CCN(C(C)(C)C)CC7)cc(=O)c6nc5c4c3=C2O)NC(=O)/C(C)=C\C=C\[C@H](C)[C@H](O)[C@@H](C)[C@@H](O)[C@@H](C)[C@H](OC(C)=O)[C@@H]1C. The van der Waals surface area contributed by atoms with Gasteiger partial charge in [0.2, 0.25) is 10.9 Å². The third-order valence-corrected chi connectivity index (χ3v) is 14.0. The Bertz CT molecular complexity index is 2930. The number of aromatic hydroxyl groups is 1. The lowest BCUT2D eigenvalue weighted by molar-refractivity contribution is -0.160. The van der Waals surface area contributed by atoms with Crippen molar-refractivity contribution in [3.05, 3.63) is 79.5 Å². The number of amides is 1. The van der Waals surface area contributed by atoms with Crippen molar-refractivity contribution >= 4 is 62.0 Å². The van der Waals surface area contributed by atoms with E-state index in [9.17, 15) is 39.6 Å². The van der Waals surface area contributed by atoms with E-state index in [0.29, 0.717) is 18.8 Å². The maximum absolute atomic E-state index is 14.9. The van der Waals surface area contributed by atoms with E-state index in [4.69, 9.17) is 28.3 Å². The summed E-state index contributed by atoms with van der Waals surface area (Å²) in [7, 11) is 1.45. The topological polar surface area (TPSA) is 231 Å². The first-order chi connectivity index (χ1) is 31.9. The van der Waals surface area contributed by atoms with Crippen LogP contribution in [0.4, 0.5) is 11.4 Å². The summed E-state index contributed by atoms with van der Waals surface area (Å²) in [5.74, 6) is -6.94. The number of carbonyl (C=O) groups is 2. The molecular formula is C51H64N4O13. The van der Waals surface area contributed by atoms with Crippen LogP contribution in [0.1, 0.15) is 74.8 Å². The number of phenols is 1. The monoisotopic (exact) mass is 940 g/mol. The van der Waals surface area contributed by atoms with Crippen molar-refractivity contribution in [1.82, 2.24) is 9.88 Å². The summed E-state index contributed by atoms with van der Waals surface area (Å²) in [4.78, 5) is 64.7. The first-order valence-corrected chi connectivity index (χ1v) is 23.0. The van der Waals surface area contributed by atoms with Crippen molar-refractivity contribution in [1.29, 1.82) is 0 Å². The molecule has 9 atom stereocenters. The molecule has 366 valence electrons. The molecule has 0 spiro atoms. The van der Waals surface area contributed by atoms with Gasteiger partial charge in [-0.05, 0) is 40.7 Å². The lowest BCUT2D eigenvalue weighted by atomic mass is 9.78. The number of benzene rings is 3. The Morgan fingerprint density at radius 2 is 1.60 bits per heavy atom. The minimum absolute atomic E-state index is 0.0331. The Kier molecular flexibility index (Phi) is 13.8. The van der Waals surface area contributed by atoms with Gasteiger partial charge in [-0.2, -0.15) is 0 Å². The highest BCUT2D eigenvalue weighted by Crippen LogP contribution is 2.42. The third-order valence-electron chi connectivity index (χ3n) is 14.0. The molecule has 4 aromatic rings. The first kappa shape index (κ1) is 49.9. The standard InChI is InChI=1S/C51H64N4O13/c1-24-14-13-15-25(2)49(63)53-40-44(61)36-35(39-47(40)67-34-23-31(22-32(57)38(34)52-39)54-17-19-55(20-18-54)50(8,9)10)37-46(29(6)43(36)60)68-51(11,48(37)62)65-21-16-33(64-12)26(3)45(66-30(7)56)28(5)42(59)27(4)41(24)58/h13-16,21-24,26-28,33,41-42,45,58-60,62H,17-20H2,1-12H3,(H,53,63)/b14-13+,21-16+,25-15-/t24-,26+,27+,28+,33-,41-,42+,45+,51-/m0/s1. The number of aliphatic hydroxyl groups is 3. The summed E-state index contributed by atoms with van der Waals surface area (Å²) in [5.41, 5.74) is -1.43. The molecule has 17 heteroatoms. The van der Waals surface area contributed by atoms with E-state index in [1.807, 2.05) is 0 Å². The van der Waals surface area contributed by atoms with Crippen LogP contribution in [0.15, 0.2) is 62.3 Å². The van der Waals surface area contributed by atoms with E-state index in [1.165, 1.54) is 59.3 Å². The van der Waals surface area contributed by atoms with Crippen molar-refractivity contribution in [2.45, 2.75) is 112 Å². The first-order valence-electron chi connectivity index (χ1n) is 23.0. The molecule has 17 nitrogen and oxygen atoms in total. The number of carbonyl (C=O) groups excluding carboxylic acids is 2. The Hall–Kier alpha value is -6.01. The number of fused-ring (bicyclic) bond motifs is 2. The molecule has 5 N–H and O–H groups in total. The molecule has 3 aliphatic heterocycles. The quantitative estimate of drug-likeness (QED) is 0.0973. The normalized spacial score (nSPS) is 29.7. The fraction of sp³-hybridized carbons (Fsp3) is 0.510. The molecule has 4 heterocycles. The average Bonchev–Trinajstić information content (AvgIpc) is 3.56. The Labute approximate surface area is 394 Å². The van der Waals surface area contributed by atoms with Crippen molar-refractivity contribution < 1.29 is 53.4 Å². The smallest absolute Gasteiger partial charge is 0.307 e. The number of aliphatic hydroxyl groups excluding tert-OH is 3. The molecule has 1 aromatic heterocycles. The summed E-state index contributed by atoms with van der Waals surface area (Å²) in [5, 5.41) is 49.3. The van der Waals surface area contributed by atoms with Crippen LogP contribution >= 0.6 is 0 Å². The van der Waals surface area contributed by atoms with Gasteiger partial charge in [-0.25, -0.2) is 4.98 Å². The number of phenolic OH excluding ortho intramolecular Hbond substituents is 1. The second-order valence-electron chi connectivity index (χ2n) is 19.7. The predicted octanol–water partition coefficient (Wildman–Crippen LogP) is 5.48. The van der Waals surface area contributed by atoms with Crippen LogP contribution in [0, 0.1) is 30.6 Å². The molecule has 0 radical (unpaired) electrons. The van der Waals surface area contributed by atoms with Crippen LogP contribution in [0.2, 0.25) is 0 Å². The lowest BCUT2D eigenvalue weighted by Crippen LogP contribution is -2.53. The molecule has 4 bridgehead atoms. The molecule has 3 aromatic carbocycles. The highest BCUT2D eigenvalue weighted by Gasteiger charge is 2.44. The van der Waals surface area contributed by atoms with E-state index in [1.54, 1.807) is 45.9 Å². The second-order valence-corrected chi connectivity index (χ2v) is 19.7. The third kappa shape index (κ3) is 9.04. The zero-order valence-corrected chi connectivity index (χ0v) is 40.8. The van der Waals surface area contributed by atoms with Gasteiger partial charge in [-0.15, -0.1) is 0 Å². The Morgan fingerprint density at radius 1 is 0.926 bits per heavy atom. The van der Waals surface area contributed by atoms with Gasteiger partial charge in [-0.3, -0.25) is 24.1 Å². The molecule has 1 amide bonds. The van der Waals surface area contributed by atoms with Gasteiger partial charge in [0.05, 0.1) is 35.2 Å². The summed E-state index contributed by atoms with van der Waals surface area (Å²) >= 11 is 0. The van der Waals surface area contributed by atoms with E-state index in [0.717, 1.165) is 13.1 Å². The number of nitrogens with zero attached hydrogens (tertiary/aromatic N) is 3. The molecular weight excluding hydrogens is 877 g/mol. The van der Waals surface area contributed by atoms with Crippen LogP contribution in [0.5, 0.6) is 11.5 Å². The molecule has 0 aliphatic carbocycles. The molecule has 0 unspecified atom stereocenters. The fourth-order valence-corrected chi connectivity index (χ4v) is 9.69. The number of anilines is 2. The molecule has 0 saturated carbocycles. The van der Waals surface area contributed by atoms with Crippen LogP contribution in [-0.4, -0.2) is 111 Å². The molecule has 1 fully saturated rings. The summed E-state index contributed by atoms with van der Waals surface area (Å²) < 4.78 is 30.5. The van der Waals surface area contributed by atoms with Gasteiger partial charge in [0, 0.05) is 111 Å². The van der Waals surface area contributed by atoms with Gasteiger partial charge in [0.25, 0.3) is 5.91 Å². The maximum atomic E-state index is 14.9. The lowest BCUT2D eigenvalue weighted by Gasteiger charge is -2.43. The van der Waals surface area contributed by atoms with E-state index < -0.39 is 88.1 Å². The van der Waals surface area contributed by atoms with Gasteiger partial charge in [-0.1, -0.05) is 45.9 Å². The van der Waals surface area contributed by atoms with Crippen molar-refractivity contribution in [2.24, 2.45) is 23.7 Å². The van der Waals surface area contributed by atoms with Crippen molar-refractivity contribution in [2.75, 3.05) is 43.5 Å². The van der Waals surface area contributed by atoms with Crippen molar-refractivity contribution in [3.8, 4) is 11.5 Å². The summed E-state index contributed by atoms with van der Waals surface area (Å²) in [6.07, 6.45) is 3.56. The van der Waals surface area contributed by atoms with E-state index in [2.05, 4.69) is 35.9 Å². The highest BCUT2D eigenvalue weighted by atomic mass is 16.7. The number of rotatable bonds is 3. The zero-order chi connectivity index (χ0) is 49.9. The highest BCUT2D eigenvalue weighted by molar-refractivity contribution is 6.16. The zero-order valence-electron chi connectivity index (χ0n) is 40.8. The molecule has 1 saturated heterocycles. The van der Waals surface area contributed by atoms with Crippen LogP contribution in [0.3, 0.4) is 0 Å². The predicted molar refractivity (Wildman–Crippen MR) is 259 cm³/mol. The Balaban J connectivity index is 1.46. The number of aromatic nitrogens is 1. The largest absolute Gasteiger partial charge is 0.507 e. The van der Waals surface area contributed by atoms with Gasteiger partial charge >= 0.3 is 11.8 Å². The number of methoxy groups -OCH3 is 1. The van der Waals surface area contributed by atoms with E-state index >= 15 is 0 Å². The number of hydrogen-bond acceptors (Lipinski definition) is 16. The number of nitrogens with one attached hydrogen (secondary N) is 1. The number of ether oxygens (including phenoxy) is 4. The van der Waals surface area contributed by atoms with Crippen LogP contribution in [-0.2, 0) is 23.8 Å². The van der Waals surface area contributed by atoms with Crippen LogP contribution in [0.25, 0.3) is 38.7 Å². The number of allylic oxidation sites excluding steroid dienone is 2. The molecule has 68 heavy (non-hydrogen) atoms. The second kappa shape index (κ2) is 18.8. The fourth-order valence-electron chi connectivity index (χ4n) is 9.69. The Morgan fingerprint density at radius 3 is 2.24 bits per heavy atom. The minimum atomic E-state index is -1.98.